The van der Waals surface area contributed by atoms with Crippen LogP contribution < -0.4 is 5.32 Å². The number of benzene rings is 2. The van der Waals surface area contributed by atoms with Crippen molar-refractivity contribution in [2.75, 3.05) is 18.4 Å². The number of thiazole rings is 1. The molecule has 0 aliphatic carbocycles. The first kappa shape index (κ1) is 17.9. The molecule has 1 amide bonds. The van der Waals surface area contributed by atoms with Gasteiger partial charge in [0.05, 0.1) is 12.2 Å². The lowest BCUT2D eigenvalue weighted by Gasteiger charge is -2.27. The standard InChI is InChI=1S/C22H23N3OS/c1-15-7-8-18(11-16(15)2)20-14-27-22(23-20)24-21(26)13-25-10-9-17-5-3-4-6-19(17)12-25/h3-8,11,14H,9-10,12-13H2,1-2H3,(H,23,24,26). The fourth-order valence-electron chi connectivity index (χ4n) is 3.42. The quantitative estimate of drug-likeness (QED) is 0.732. The third kappa shape index (κ3) is 4.10. The fraction of sp³-hybridized carbons (Fsp3) is 0.273. The van der Waals surface area contributed by atoms with Crippen LogP contribution in [-0.2, 0) is 17.8 Å². The number of anilines is 1. The molecule has 0 spiro atoms. The van der Waals surface area contributed by atoms with Gasteiger partial charge < -0.3 is 5.32 Å². The van der Waals surface area contributed by atoms with Crippen LogP contribution in [0.4, 0.5) is 5.13 Å². The summed E-state index contributed by atoms with van der Waals surface area (Å²) in [5, 5.41) is 5.61. The number of aromatic nitrogens is 1. The van der Waals surface area contributed by atoms with E-state index in [0.717, 1.165) is 30.8 Å². The Bertz CT molecular complexity index is 979. The number of hydrogen-bond acceptors (Lipinski definition) is 4. The first-order chi connectivity index (χ1) is 13.1. The van der Waals surface area contributed by atoms with Gasteiger partial charge in [0, 0.05) is 24.0 Å². The number of rotatable bonds is 4. The number of nitrogens with one attached hydrogen (secondary N) is 1. The highest BCUT2D eigenvalue weighted by atomic mass is 32.1. The van der Waals surface area contributed by atoms with Crippen molar-refractivity contribution in [2.45, 2.75) is 26.8 Å². The smallest absolute Gasteiger partial charge is 0.240 e. The van der Waals surface area contributed by atoms with E-state index in [0.29, 0.717) is 11.7 Å². The molecule has 1 aliphatic rings. The van der Waals surface area contributed by atoms with Gasteiger partial charge in [-0.2, -0.15) is 0 Å². The van der Waals surface area contributed by atoms with Gasteiger partial charge in [0.25, 0.3) is 0 Å². The number of aryl methyl sites for hydroxylation is 2. The Hall–Kier alpha value is -2.50. The summed E-state index contributed by atoms with van der Waals surface area (Å²) in [5.74, 6) is -0.00429. The molecule has 1 aromatic heterocycles. The molecule has 0 fully saturated rings. The fourth-order valence-corrected chi connectivity index (χ4v) is 4.15. The minimum Gasteiger partial charge on any atom is -0.301 e. The summed E-state index contributed by atoms with van der Waals surface area (Å²) in [6.07, 6.45) is 0.998. The molecule has 0 radical (unpaired) electrons. The Labute approximate surface area is 163 Å². The largest absolute Gasteiger partial charge is 0.301 e. The van der Waals surface area contributed by atoms with Crippen LogP contribution in [0.1, 0.15) is 22.3 Å². The van der Waals surface area contributed by atoms with Crippen molar-refractivity contribution < 1.29 is 4.79 Å². The second-order valence-corrected chi connectivity index (χ2v) is 7.97. The van der Waals surface area contributed by atoms with E-state index in [9.17, 15) is 4.79 Å². The monoisotopic (exact) mass is 377 g/mol. The zero-order chi connectivity index (χ0) is 18.8. The van der Waals surface area contributed by atoms with Gasteiger partial charge in [0.1, 0.15) is 0 Å². The zero-order valence-corrected chi connectivity index (χ0v) is 16.5. The van der Waals surface area contributed by atoms with Crippen molar-refractivity contribution >= 4 is 22.4 Å². The molecule has 2 heterocycles. The van der Waals surface area contributed by atoms with Crippen LogP contribution in [0.15, 0.2) is 47.8 Å². The van der Waals surface area contributed by atoms with Gasteiger partial charge in [-0.05, 0) is 48.6 Å². The van der Waals surface area contributed by atoms with Crippen molar-refractivity contribution in [3.8, 4) is 11.3 Å². The summed E-state index contributed by atoms with van der Waals surface area (Å²) in [7, 11) is 0. The lowest BCUT2D eigenvalue weighted by Crippen LogP contribution is -2.37. The predicted molar refractivity (Wildman–Crippen MR) is 111 cm³/mol. The van der Waals surface area contributed by atoms with Gasteiger partial charge in [-0.1, -0.05) is 36.4 Å². The van der Waals surface area contributed by atoms with E-state index in [-0.39, 0.29) is 5.91 Å². The molecular formula is C22H23N3OS. The first-order valence-corrected chi connectivity index (χ1v) is 10.1. The SMILES string of the molecule is Cc1ccc(-c2csc(NC(=O)CN3CCc4ccccc4C3)n2)cc1C. The summed E-state index contributed by atoms with van der Waals surface area (Å²) < 4.78 is 0. The molecule has 138 valence electrons. The zero-order valence-electron chi connectivity index (χ0n) is 15.7. The molecule has 1 N–H and O–H groups in total. The number of nitrogens with zero attached hydrogens (tertiary/aromatic N) is 2. The lowest BCUT2D eigenvalue weighted by molar-refractivity contribution is -0.117. The van der Waals surface area contributed by atoms with Crippen LogP contribution in [-0.4, -0.2) is 28.9 Å². The second kappa shape index (κ2) is 7.62. The molecule has 4 nitrogen and oxygen atoms in total. The minimum absolute atomic E-state index is 0.00429. The van der Waals surface area contributed by atoms with E-state index in [1.807, 2.05) is 5.38 Å². The first-order valence-electron chi connectivity index (χ1n) is 9.20. The predicted octanol–water partition coefficient (Wildman–Crippen LogP) is 4.42. The van der Waals surface area contributed by atoms with Crippen LogP contribution in [0, 0.1) is 13.8 Å². The maximum Gasteiger partial charge on any atom is 0.240 e. The summed E-state index contributed by atoms with van der Waals surface area (Å²) in [6.45, 7) is 6.34. The van der Waals surface area contributed by atoms with Crippen LogP contribution in [0.3, 0.4) is 0 Å². The van der Waals surface area contributed by atoms with Gasteiger partial charge in [-0.3, -0.25) is 9.69 Å². The van der Waals surface area contributed by atoms with Gasteiger partial charge in [-0.15, -0.1) is 11.3 Å². The Balaban J connectivity index is 1.38. The van der Waals surface area contributed by atoms with E-state index < -0.39 is 0 Å². The Morgan fingerprint density at radius 3 is 2.78 bits per heavy atom. The van der Waals surface area contributed by atoms with Crippen molar-refractivity contribution in [1.82, 2.24) is 9.88 Å². The number of carbonyl (C=O) groups is 1. The Morgan fingerprint density at radius 2 is 1.96 bits per heavy atom. The third-order valence-electron chi connectivity index (χ3n) is 5.13. The van der Waals surface area contributed by atoms with Gasteiger partial charge in [-0.25, -0.2) is 4.98 Å². The van der Waals surface area contributed by atoms with E-state index in [1.165, 1.54) is 33.6 Å². The molecule has 4 rings (SSSR count). The topological polar surface area (TPSA) is 45.2 Å². The molecule has 1 aliphatic heterocycles. The average molecular weight is 378 g/mol. The Morgan fingerprint density at radius 1 is 1.15 bits per heavy atom. The molecule has 0 bridgehead atoms. The molecule has 5 heteroatoms. The number of hydrogen-bond donors (Lipinski definition) is 1. The van der Waals surface area contributed by atoms with E-state index in [1.54, 1.807) is 0 Å². The average Bonchev–Trinajstić information content (AvgIpc) is 3.12. The van der Waals surface area contributed by atoms with E-state index in [4.69, 9.17) is 0 Å². The molecule has 3 aromatic rings. The third-order valence-corrected chi connectivity index (χ3v) is 5.89. The summed E-state index contributed by atoms with van der Waals surface area (Å²) in [4.78, 5) is 19.2. The van der Waals surface area contributed by atoms with Crippen molar-refractivity contribution in [2.24, 2.45) is 0 Å². The van der Waals surface area contributed by atoms with Crippen molar-refractivity contribution in [3.63, 3.8) is 0 Å². The number of carbonyl (C=O) groups excluding carboxylic acids is 1. The molecule has 0 saturated heterocycles. The molecule has 0 unspecified atom stereocenters. The highest BCUT2D eigenvalue weighted by Gasteiger charge is 2.18. The van der Waals surface area contributed by atoms with Crippen LogP contribution in [0.5, 0.6) is 0 Å². The number of amides is 1. The Kier molecular flexibility index (Phi) is 5.05. The van der Waals surface area contributed by atoms with Gasteiger partial charge in [0.15, 0.2) is 5.13 Å². The summed E-state index contributed by atoms with van der Waals surface area (Å²) in [5.41, 5.74) is 7.23. The molecule has 0 saturated carbocycles. The van der Waals surface area contributed by atoms with Crippen LogP contribution in [0.2, 0.25) is 0 Å². The molecule has 0 atom stereocenters. The van der Waals surface area contributed by atoms with Crippen LogP contribution >= 0.6 is 11.3 Å². The second-order valence-electron chi connectivity index (χ2n) is 7.11. The summed E-state index contributed by atoms with van der Waals surface area (Å²) in [6, 6.07) is 14.8. The van der Waals surface area contributed by atoms with Crippen molar-refractivity contribution in [1.29, 1.82) is 0 Å². The highest BCUT2D eigenvalue weighted by Crippen LogP contribution is 2.26. The maximum atomic E-state index is 12.5. The van der Waals surface area contributed by atoms with E-state index >= 15 is 0 Å². The molecule has 27 heavy (non-hydrogen) atoms. The normalized spacial score (nSPS) is 14.0. The van der Waals surface area contributed by atoms with Gasteiger partial charge >= 0.3 is 0 Å². The van der Waals surface area contributed by atoms with E-state index in [2.05, 4.69) is 71.5 Å². The number of fused-ring (bicyclic) bond motifs is 1. The maximum absolute atomic E-state index is 12.5. The molecular weight excluding hydrogens is 354 g/mol. The van der Waals surface area contributed by atoms with Crippen LogP contribution in [0.25, 0.3) is 11.3 Å². The lowest BCUT2D eigenvalue weighted by atomic mass is 10.00. The minimum atomic E-state index is -0.00429. The molecule has 2 aromatic carbocycles. The van der Waals surface area contributed by atoms with Gasteiger partial charge in [0.2, 0.25) is 5.91 Å². The van der Waals surface area contributed by atoms with Crippen molar-refractivity contribution in [3.05, 3.63) is 70.1 Å². The highest BCUT2D eigenvalue weighted by molar-refractivity contribution is 7.14. The summed E-state index contributed by atoms with van der Waals surface area (Å²) >= 11 is 1.47.